The van der Waals surface area contributed by atoms with E-state index in [0.717, 1.165) is 21.3 Å². The SMILES string of the molecule is COC(=O)N[C@H](C(=O)N[C@@H](C)C1=NC=C(c2ccc(Br)cc2)C1)[C@@H](C)OC. The van der Waals surface area contributed by atoms with Crippen molar-refractivity contribution in [2.24, 2.45) is 4.99 Å². The van der Waals surface area contributed by atoms with Crippen LogP contribution in [0.4, 0.5) is 4.79 Å². The number of alkyl carbamates (subject to hydrolysis) is 1. The Morgan fingerprint density at radius 1 is 1.15 bits per heavy atom. The molecule has 146 valence electrons. The maximum Gasteiger partial charge on any atom is 0.407 e. The molecule has 27 heavy (non-hydrogen) atoms. The summed E-state index contributed by atoms with van der Waals surface area (Å²) in [6.07, 6.45) is 1.27. The lowest BCUT2D eigenvalue weighted by Gasteiger charge is -2.24. The van der Waals surface area contributed by atoms with Crippen molar-refractivity contribution in [3.8, 4) is 0 Å². The molecule has 8 heteroatoms. The molecule has 7 nitrogen and oxygen atoms in total. The first-order chi connectivity index (χ1) is 12.8. The third kappa shape index (κ3) is 5.64. The zero-order valence-corrected chi connectivity index (χ0v) is 17.4. The van der Waals surface area contributed by atoms with Gasteiger partial charge >= 0.3 is 6.09 Å². The van der Waals surface area contributed by atoms with Crippen LogP contribution in [0.15, 0.2) is 39.9 Å². The zero-order valence-electron chi connectivity index (χ0n) is 15.8. The average Bonchev–Trinajstić information content (AvgIpc) is 3.16. The van der Waals surface area contributed by atoms with Crippen LogP contribution in [0.1, 0.15) is 25.8 Å². The molecule has 0 saturated carbocycles. The van der Waals surface area contributed by atoms with Gasteiger partial charge < -0.3 is 20.1 Å². The molecule has 0 fully saturated rings. The van der Waals surface area contributed by atoms with Crippen LogP contribution in [0, 0.1) is 0 Å². The first kappa shape index (κ1) is 21.1. The molecule has 0 aromatic heterocycles. The average molecular weight is 438 g/mol. The Hall–Kier alpha value is -2.19. The highest BCUT2D eigenvalue weighted by Gasteiger charge is 2.29. The van der Waals surface area contributed by atoms with Gasteiger partial charge in [-0.3, -0.25) is 9.79 Å². The van der Waals surface area contributed by atoms with Gasteiger partial charge in [0.1, 0.15) is 6.04 Å². The minimum Gasteiger partial charge on any atom is -0.453 e. The molecule has 0 saturated heterocycles. The summed E-state index contributed by atoms with van der Waals surface area (Å²) < 4.78 is 10.8. The lowest BCUT2D eigenvalue weighted by molar-refractivity contribution is -0.126. The fraction of sp³-hybridized carbons (Fsp3) is 0.421. The molecule has 2 amide bonds. The van der Waals surface area contributed by atoms with E-state index < -0.39 is 18.2 Å². The van der Waals surface area contributed by atoms with E-state index in [1.54, 1.807) is 6.92 Å². The van der Waals surface area contributed by atoms with Gasteiger partial charge in [0.2, 0.25) is 5.91 Å². The van der Waals surface area contributed by atoms with Gasteiger partial charge in [-0.05, 0) is 37.1 Å². The van der Waals surface area contributed by atoms with Crippen molar-refractivity contribution in [2.75, 3.05) is 14.2 Å². The summed E-state index contributed by atoms with van der Waals surface area (Å²) in [5.41, 5.74) is 3.03. The number of nitrogens with one attached hydrogen (secondary N) is 2. The second-order valence-corrected chi connectivity index (χ2v) is 7.16. The molecule has 0 unspecified atom stereocenters. The van der Waals surface area contributed by atoms with Crippen molar-refractivity contribution in [3.63, 3.8) is 0 Å². The second kappa shape index (κ2) is 9.66. The minimum atomic E-state index is -0.870. The Bertz CT molecular complexity index is 746. The predicted octanol–water partition coefficient (Wildman–Crippen LogP) is 2.90. The van der Waals surface area contributed by atoms with E-state index in [1.165, 1.54) is 14.2 Å². The van der Waals surface area contributed by atoms with Gasteiger partial charge in [-0.1, -0.05) is 28.1 Å². The normalized spacial score (nSPS) is 16.6. The van der Waals surface area contributed by atoms with Gasteiger partial charge in [0.15, 0.2) is 0 Å². The van der Waals surface area contributed by atoms with Crippen LogP contribution in [-0.2, 0) is 14.3 Å². The number of carbonyl (C=O) groups is 2. The number of amides is 2. The van der Waals surface area contributed by atoms with E-state index in [0.29, 0.717) is 6.42 Å². The summed E-state index contributed by atoms with van der Waals surface area (Å²) in [6, 6.07) is 6.85. The molecule has 1 aliphatic heterocycles. The quantitative estimate of drug-likeness (QED) is 0.685. The Balaban J connectivity index is 1.97. The lowest BCUT2D eigenvalue weighted by Crippen LogP contribution is -2.55. The van der Waals surface area contributed by atoms with Crippen molar-refractivity contribution in [1.29, 1.82) is 0 Å². The summed E-state index contributed by atoms with van der Waals surface area (Å²) in [4.78, 5) is 28.6. The molecular weight excluding hydrogens is 414 g/mol. The number of nitrogens with zero attached hydrogens (tertiary/aromatic N) is 1. The molecule has 0 aliphatic carbocycles. The van der Waals surface area contributed by atoms with E-state index in [2.05, 4.69) is 36.3 Å². The number of benzene rings is 1. The van der Waals surface area contributed by atoms with E-state index >= 15 is 0 Å². The third-order valence-corrected chi connectivity index (χ3v) is 4.94. The summed E-state index contributed by atoms with van der Waals surface area (Å²) >= 11 is 3.42. The molecule has 0 spiro atoms. The number of ether oxygens (including phenoxy) is 2. The van der Waals surface area contributed by atoms with Crippen LogP contribution in [0.2, 0.25) is 0 Å². The van der Waals surface area contributed by atoms with Gasteiger partial charge in [0.05, 0.1) is 19.3 Å². The van der Waals surface area contributed by atoms with Crippen molar-refractivity contribution in [2.45, 2.75) is 38.5 Å². The number of allylic oxidation sites excluding steroid dienone is 1. The highest BCUT2D eigenvalue weighted by atomic mass is 79.9. The van der Waals surface area contributed by atoms with E-state index in [9.17, 15) is 9.59 Å². The third-order valence-electron chi connectivity index (χ3n) is 4.41. The first-order valence-corrected chi connectivity index (χ1v) is 9.34. The smallest absolute Gasteiger partial charge is 0.407 e. The number of methoxy groups -OCH3 is 2. The van der Waals surface area contributed by atoms with Gasteiger partial charge in [0, 0.05) is 29.9 Å². The van der Waals surface area contributed by atoms with E-state index in [-0.39, 0.29) is 11.9 Å². The Morgan fingerprint density at radius 2 is 1.81 bits per heavy atom. The molecular formula is C19H24BrN3O4. The van der Waals surface area contributed by atoms with Crippen LogP contribution < -0.4 is 10.6 Å². The summed E-state index contributed by atoms with van der Waals surface area (Å²) in [6.45, 7) is 3.56. The van der Waals surface area contributed by atoms with Gasteiger partial charge in [-0.25, -0.2) is 4.79 Å². The monoisotopic (exact) mass is 437 g/mol. The molecule has 2 rings (SSSR count). The number of aliphatic imine (C=N–C) groups is 1. The molecule has 0 bridgehead atoms. The molecule has 1 heterocycles. The summed E-state index contributed by atoms with van der Waals surface area (Å²) in [5, 5.41) is 5.38. The summed E-state index contributed by atoms with van der Waals surface area (Å²) in [5.74, 6) is -0.359. The molecule has 2 N–H and O–H groups in total. The van der Waals surface area contributed by atoms with Crippen molar-refractivity contribution >= 4 is 39.2 Å². The van der Waals surface area contributed by atoms with Crippen LogP contribution in [0.25, 0.3) is 5.57 Å². The predicted molar refractivity (Wildman–Crippen MR) is 108 cm³/mol. The fourth-order valence-corrected chi connectivity index (χ4v) is 2.92. The first-order valence-electron chi connectivity index (χ1n) is 8.55. The van der Waals surface area contributed by atoms with Crippen molar-refractivity contribution in [1.82, 2.24) is 10.6 Å². The molecule has 0 radical (unpaired) electrons. The lowest BCUT2D eigenvalue weighted by atomic mass is 10.00. The molecule has 3 atom stereocenters. The maximum absolute atomic E-state index is 12.6. The number of carbonyl (C=O) groups excluding carboxylic acids is 2. The fourth-order valence-electron chi connectivity index (χ4n) is 2.66. The summed E-state index contributed by atoms with van der Waals surface area (Å²) in [7, 11) is 2.72. The second-order valence-electron chi connectivity index (χ2n) is 6.24. The van der Waals surface area contributed by atoms with Crippen molar-refractivity contribution in [3.05, 3.63) is 40.5 Å². The van der Waals surface area contributed by atoms with Crippen LogP contribution in [0.3, 0.4) is 0 Å². The Kier molecular flexibility index (Phi) is 7.55. The number of hydrogen-bond acceptors (Lipinski definition) is 5. The zero-order chi connectivity index (χ0) is 20.0. The van der Waals surface area contributed by atoms with E-state index in [1.807, 2.05) is 37.4 Å². The highest BCUT2D eigenvalue weighted by Crippen LogP contribution is 2.26. The van der Waals surface area contributed by atoms with Gasteiger partial charge in [0.25, 0.3) is 0 Å². The number of rotatable bonds is 7. The number of halogens is 1. The highest BCUT2D eigenvalue weighted by molar-refractivity contribution is 9.10. The van der Waals surface area contributed by atoms with Crippen LogP contribution >= 0.6 is 15.9 Å². The van der Waals surface area contributed by atoms with Crippen LogP contribution in [0.5, 0.6) is 0 Å². The Morgan fingerprint density at radius 3 is 2.41 bits per heavy atom. The van der Waals surface area contributed by atoms with Crippen molar-refractivity contribution < 1.29 is 19.1 Å². The number of hydrogen-bond donors (Lipinski definition) is 2. The Labute approximate surface area is 167 Å². The standard InChI is InChI=1S/C19H24BrN3O4/c1-11(22-18(24)17(12(2)26-3)23-19(25)27-4)16-9-14(10-21-16)13-5-7-15(20)8-6-13/h5-8,10-12,17H,9H2,1-4H3,(H,22,24)(H,23,25)/t11-,12+,17-/m0/s1. The molecule has 1 aromatic rings. The van der Waals surface area contributed by atoms with Crippen LogP contribution in [-0.4, -0.2) is 50.1 Å². The van der Waals surface area contributed by atoms with Gasteiger partial charge in [-0.15, -0.1) is 0 Å². The maximum atomic E-state index is 12.6. The molecule has 1 aromatic carbocycles. The largest absolute Gasteiger partial charge is 0.453 e. The van der Waals surface area contributed by atoms with E-state index in [4.69, 9.17) is 4.74 Å². The van der Waals surface area contributed by atoms with Gasteiger partial charge in [-0.2, -0.15) is 0 Å². The molecule has 1 aliphatic rings. The topological polar surface area (TPSA) is 89.0 Å². The minimum absolute atomic E-state index is 0.285.